The molecule has 1 aliphatic rings. The van der Waals surface area contributed by atoms with Gasteiger partial charge in [0.2, 0.25) is 5.91 Å². The molecule has 0 bridgehead atoms. The van der Waals surface area contributed by atoms with Crippen LogP contribution in [0, 0.1) is 11.6 Å². The van der Waals surface area contributed by atoms with Gasteiger partial charge < -0.3 is 9.88 Å². The number of hydrogen-bond acceptors (Lipinski definition) is 2. The highest BCUT2D eigenvalue weighted by atomic mass is 19.2. The van der Waals surface area contributed by atoms with E-state index in [1.807, 2.05) is 17.2 Å². The SMILES string of the molecule is O=C(Cc1ccc(F)c(F)c1)N1CCC(c2cc3cnccc3[nH]2)CC1. The van der Waals surface area contributed by atoms with Crippen LogP contribution in [-0.4, -0.2) is 33.9 Å². The number of pyridine rings is 1. The average Bonchev–Trinajstić information content (AvgIpc) is 3.09. The Hall–Kier alpha value is -2.76. The molecule has 1 fully saturated rings. The Kier molecular flexibility index (Phi) is 4.41. The predicted molar refractivity (Wildman–Crippen MR) is 94.7 cm³/mol. The fourth-order valence-corrected chi connectivity index (χ4v) is 3.59. The topological polar surface area (TPSA) is 49.0 Å². The van der Waals surface area contributed by atoms with Gasteiger partial charge in [-0.1, -0.05) is 6.07 Å². The number of hydrogen-bond donors (Lipinski definition) is 1. The Morgan fingerprint density at radius 1 is 1.15 bits per heavy atom. The molecule has 0 aliphatic carbocycles. The van der Waals surface area contributed by atoms with Gasteiger partial charge in [0, 0.05) is 48.0 Å². The first-order valence-electron chi connectivity index (χ1n) is 8.74. The maximum atomic E-state index is 13.3. The molecule has 1 amide bonds. The number of H-pyrrole nitrogens is 1. The number of nitrogens with zero attached hydrogens (tertiary/aromatic N) is 2. The molecule has 4 nitrogen and oxygen atoms in total. The smallest absolute Gasteiger partial charge is 0.226 e. The van der Waals surface area contributed by atoms with Gasteiger partial charge in [-0.25, -0.2) is 8.78 Å². The maximum absolute atomic E-state index is 13.3. The van der Waals surface area contributed by atoms with Crippen LogP contribution >= 0.6 is 0 Å². The van der Waals surface area contributed by atoms with E-state index in [-0.39, 0.29) is 12.3 Å². The number of piperidine rings is 1. The molecule has 0 spiro atoms. The lowest BCUT2D eigenvalue weighted by atomic mass is 9.93. The van der Waals surface area contributed by atoms with Crippen molar-refractivity contribution in [3.63, 3.8) is 0 Å². The van der Waals surface area contributed by atoms with Crippen molar-refractivity contribution < 1.29 is 13.6 Å². The zero-order valence-electron chi connectivity index (χ0n) is 14.2. The van der Waals surface area contributed by atoms with E-state index in [9.17, 15) is 13.6 Å². The van der Waals surface area contributed by atoms with Crippen molar-refractivity contribution in [2.75, 3.05) is 13.1 Å². The van der Waals surface area contributed by atoms with Crippen LogP contribution in [0.2, 0.25) is 0 Å². The number of halogens is 2. The molecule has 2 aromatic heterocycles. The number of fused-ring (bicyclic) bond motifs is 1. The van der Waals surface area contributed by atoms with Crippen molar-refractivity contribution in [3.05, 3.63) is 65.6 Å². The third-order valence-corrected chi connectivity index (χ3v) is 5.07. The average molecular weight is 355 g/mol. The zero-order valence-corrected chi connectivity index (χ0v) is 14.2. The number of carbonyl (C=O) groups is 1. The van der Waals surface area contributed by atoms with Crippen molar-refractivity contribution in [1.82, 2.24) is 14.9 Å². The third kappa shape index (κ3) is 3.31. The van der Waals surface area contributed by atoms with Crippen LogP contribution in [0.25, 0.3) is 10.9 Å². The molecule has 1 aromatic carbocycles. The van der Waals surface area contributed by atoms with Gasteiger partial charge in [-0.2, -0.15) is 0 Å². The summed E-state index contributed by atoms with van der Waals surface area (Å²) in [5.74, 6) is -1.47. The lowest BCUT2D eigenvalue weighted by molar-refractivity contribution is -0.131. The summed E-state index contributed by atoms with van der Waals surface area (Å²) in [6.07, 6.45) is 5.46. The minimum absolute atomic E-state index is 0.0460. The first-order valence-corrected chi connectivity index (χ1v) is 8.74. The molecule has 0 radical (unpaired) electrons. The predicted octanol–water partition coefficient (Wildman–Crippen LogP) is 3.79. The molecular weight excluding hydrogens is 336 g/mol. The summed E-state index contributed by atoms with van der Waals surface area (Å²) < 4.78 is 26.3. The minimum Gasteiger partial charge on any atom is -0.358 e. The van der Waals surface area contributed by atoms with Crippen LogP contribution in [0.1, 0.15) is 30.0 Å². The Bertz CT molecular complexity index is 912. The number of carbonyl (C=O) groups excluding carboxylic acids is 1. The van der Waals surface area contributed by atoms with Crippen molar-refractivity contribution >= 4 is 16.8 Å². The Morgan fingerprint density at radius 2 is 1.96 bits per heavy atom. The van der Waals surface area contributed by atoms with Gasteiger partial charge in [-0.05, 0) is 42.7 Å². The largest absolute Gasteiger partial charge is 0.358 e. The molecular formula is C20H19F2N3O. The van der Waals surface area contributed by atoms with Gasteiger partial charge in [0.15, 0.2) is 11.6 Å². The fourth-order valence-electron chi connectivity index (χ4n) is 3.59. The van der Waals surface area contributed by atoms with Crippen LogP contribution in [0.4, 0.5) is 8.78 Å². The Labute approximate surface area is 149 Å². The van der Waals surface area contributed by atoms with E-state index in [1.165, 1.54) is 11.8 Å². The summed E-state index contributed by atoms with van der Waals surface area (Å²) in [6.45, 7) is 1.33. The Balaban J connectivity index is 1.38. The Morgan fingerprint density at radius 3 is 2.69 bits per heavy atom. The highest BCUT2D eigenvalue weighted by Crippen LogP contribution is 2.29. The van der Waals surface area contributed by atoms with Gasteiger partial charge >= 0.3 is 0 Å². The van der Waals surface area contributed by atoms with Crippen molar-refractivity contribution in [2.24, 2.45) is 0 Å². The monoisotopic (exact) mass is 355 g/mol. The van der Waals surface area contributed by atoms with Crippen LogP contribution < -0.4 is 0 Å². The van der Waals surface area contributed by atoms with Crippen molar-refractivity contribution in [3.8, 4) is 0 Å². The number of nitrogens with one attached hydrogen (secondary N) is 1. The first kappa shape index (κ1) is 16.7. The number of likely N-dealkylation sites (tertiary alicyclic amines) is 1. The molecule has 0 unspecified atom stereocenters. The van der Waals surface area contributed by atoms with E-state index in [0.29, 0.717) is 24.6 Å². The van der Waals surface area contributed by atoms with Crippen molar-refractivity contribution in [1.29, 1.82) is 0 Å². The second-order valence-electron chi connectivity index (χ2n) is 6.77. The number of rotatable bonds is 3. The van der Waals surface area contributed by atoms with E-state index >= 15 is 0 Å². The summed E-state index contributed by atoms with van der Waals surface area (Å²) in [4.78, 5) is 21.8. The number of aromatic nitrogens is 2. The molecule has 0 atom stereocenters. The standard InChI is InChI=1S/C20H19F2N3O/c21-16-2-1-13(9-17(16)22)10-20(26)25-7-4-14(5-8-25)19-11-15-12-23-6-3-18(15)24-19/h1-3,6,9,11-12,14,24H,4-5,7-8,10H2. The lowest BCUT2D eigenvalue weighted by Gasteiger charge is -2.31. The first-order chi connectivity index (χ1) is 12.6. The van der Waals surface area contributed by atoms with Crippen LogP contribution in [-0.2, 0) is 11.2 Å². The van der Waals surface area contributed by atoms with Gasteiger partial charge in [0.1, 0.15) is 0 Å². The second kappa shape index (κ2) is 6.86. The molecule has 134 valence electrons. The molecule has 1 N–H and O–H groups in total. The van der Waals surface area contributed by atoms with Gasteiger partial charge in [0.25, 0.3) is 0 Å². The highest BCUT2D eigenvalue weighted by molar-refractivity contribution is 5.80. The number of amides is 1. The third-order valence-electron chi connectivity index (χ3n) is 5.07. The van der Waals surface area contributed by atoms with Gasteiger partial charge in [-0.15, -0.1) is 0 Å². The summed E-state index contributed by atoms with van der Waals surface area (Å²) in [5, 5.41) is 1.10. The summed E-state index contributed by atoms with van der Waals surface area (Å²) >= 11 is 0. The molecule has 3 aromatic rings. The molecule has 6 heteroatoms. The maximum Gasteiger partial charge on any atom is 0.226 e. The zero-order chi connectivity index (χ0) is 18.1. The number of aromatic amines is 1. The second-order valence-corrected chi connectivity index (χ2v) is 6.77. The number of benzene rings is 1. The summed E-state index contributed by atoms with van der Waals surface area (Å²) in [5.41, 5.74) is 2.76. The van der Waals surface area contributed by atoms with E-state index in [4.69, 9.17) is 0 Å². The minimum atomic E-state index is -0.915. The van der Waals surface area contributed by atoms with E-state index in [2.05, 4.69) is 16.0 Å². The van der Waals surface area contributed by atoms with Crippen molar-refractivity contribution in [2.45, 2.75) is 25.2 Å². The molecule has 4 rings (SSSR count). The quantitative estimate of drug-likeness (QED) is 0.777. The van der Waals surface area contributed by atoms with E-state index in [0.717, 1.165) is 35.9 Å². The normalized spacial score (nSPS) is 15.5. The van der Waals surface area contributed by atoms with Gasteiger partial charge in [-0.3, -0.25) is 9.78 Å². The van der Waals surface area contributed by atoms with Crippen LogP contribution in [0.15, 0.2) is 42.7 Å². The molecule has 0 saturated carbocycles. The van der Waals surface area contributed by atoms with E-state index in [1.54, 1.807) is 6.20 Å². The van der Waals surface area contributed by atoms with Gasteiger partial charge in [0.05, 0.1) is 6.42 Å². The van der Waals surface area contributed by atoms with Crippen LogP contribution in [0.5, 0.6) is 0 Å². The summed E-state index contributed by atoms with van der Waals surface area (Å²) in [7, 11) is 0. The molecule has 3 heterocycles. The summed E-state index contributed by atoms with van der Waals surface area (Å²) in [6, 6.07) is 7.71. The van der Waals surface area contributed by atoms with Crippen LogP contribution in [0.3, 0.4) is 0 Å². The molecule has 26 heavy (non-hydrogen) atoms. The molecule has 1 aliphatic heterocycles. The fraction of sp³-hybridized carbons (Fsp3) is 0.300. The lowest BCUT2D eigenvalue weighted by Crippen LogP contribution is -2.38. The van der Waals surface area contributed by atoms with E-state index < -0.39 is 11.6 Å². The molecule has 1 saturated heterocycles. The highest BCUT2D eigenvalue weighted by Gasteiger charge is 2.25.